The van der Waals surface area contributed by atoms with Gasteiger partial charge in [-0.15, -0.1) is 11.3 Å². The molecule has 106 valence electrons. The van der Waals surface area contributed by atoms with Gasteiger partial charge in [0.2, 0.25) is 0 Å². The van der Waals surface area contributed by atoms with Crippen LogP contribution in [0.15, 0.2) is 11.4 Å². The number of rotatable bonds is 5. The first-order valence-corrected chi connectivity index (χ1v) is 8.07. The molecule has 1 saturated carbocycles. The number of halogens is 1. The van der Waals surface area contributed by atoms with Crippen LogP contribution < -0.4 is 5.32 Å². The van der Waals surface area contributed by atoms with Crippen molar-refractivity contribution in [3.05, 3.63) is 21.3 Å². The van der Waals surface area contributed by atoms with Crippen molar-refractivity contribution in [3.63, 3.8) is 0 Å². The average molecular weight is 301 g/mol. The summed E-state index contributed by atoms with van der Waals surface area (Å²) in [6.45, 7) is 3.89. The molecule has 0 spiro atoms. The summed E-state index contributed by atoms with van der Waals surface area (Å²) in [5.41, 5.74) is 0.133. The Morgan fingerprint density at radius 3 is 2.74 bits per heavy atom. The number of carbonyl (C=O) groups is 1. The Hall–Kier alpha value is -0.580. The van der Waals surface area contributed by atoms with E-state index in [0.717, 1.165) is 19.4 Å². The molecule has 1 amide bonds. The summed E-state index contributed by atoms with van der Waals surface area (Å²) in [4.78, 5) is 15.1. The van der Waals surface area contributed by atoms with Crippen LogP contribution in [0.4, 0.5) is 0 Å². The third-order valence-electron chi connectivity index (χ3n) is 4.22. The Morgan fingerprint density at radius 1 is 1.53 bits per heavy atom. The van der Waals surface area contributed by atoms with Crippen LogP contribution in [-0.2, 0) is 0 Å². The molecule has 0 unspecified atom stereocenters. The van der Waals surface area contributed by atoms with Gasteiger partial charge < -0.3 is 5.32 Å². The summed E-state index contributed by atoms with van der Waals surface area (Å²) in [6, 6.07) is 1.77. The second-order valence-corrected chi connectivity index (χ2v) is 6.55. The lowest BCUT2D eigenvalue weighted by Gasteiger charge is -2.38. The lowest BCUT2D eigenvalue weighted by molar-refractivity contribution is 0.0878. The highest BCUT2D eigenvalue weighted by molar-refractivity contribution is 7.12. The maximum Gasteiger partial charge on any atom is 0.262 e. The van der Waals surface area contributed by atoms with Gasteiger partial charge in [0, 0.05) is 12.1 Å². The zero-order valence-corrected chi connectivity index (χ0v) is 13.1. The van der Waals surface area contributed by atoms with Gasteiger partial charge in [-0.25, -0.2) is 0 Å². The molecule has 0 radical (unpaired) electrons. The van der Waals surface area contributed by atoms with Crippen molar-refractivity contribution in [2.45, 2.75) is 38.1 Å². The normalized spacial score (nSPS) is 17.9. The van der Waals surface area contributed by atoms with E-state index >= 15 is 0 Å². The minimum absolute atomic E-state index is 0.0456. The second-order valence-electron chi connectivity index (χ2n) is 5.23. The molecular weight excluding hydrogens is 280 g/mol. The molecule has 0 saturated heterocycles. The summed E-state index contributed by atoms with van der Waals surface area (Å²) < 4.78 is 0. The fraction of sp³-hybridized carbons (Fsp3) is 0.643. The van der Waals surface area contributed by atoms with Crippen LogP contribution in [0.5, 0.6) is 0 Å². The monoisotopic (exact) mass is 300 g/mol. The van der Waals surface area contributed by atoms with Crippen molar-refractivity contribution in [2.75, 3.05) is 20.1 Å². The number of nitrogens with zero attached hydrogens (tertiary/aromatic N) is 1. The van der Waals surface area contributed by atoms with Crippen molar-refractivity contribution >= 4 is 28.8 Å². The molecule has 5 heteroatoms. The van der Waals surface area contributed by atoms with E-state index in [-0.39, 0.29) is 11.4 Å². The Labute approximate surface area is 123 Å². The summed E-state index contributed by atoms with van der Waals surface area (Å²) in [5, 5.41) is 5.47. The van der Waals surface area contributed by atoms with Gasteiger partial charge >= 0.3 is 0 Å². The molecule has 1 aliphatic carbocycles. The zero-order valence-electron chi connectivity index (χ0n) is 11.5. The highest BCUT2D eigenvalue weighted by Crippen LogP contribution is 2.34. The number of amides is 1. The minimum Gasteiger partial charge on any atom is -0.349 e. The number of carbonyl (C=O) groups excluding carboxylic acids is 1. The molecule has 1 N–H and O–H groups in total. The minimum atomic E-state index is -0.0456. The third kappa shape index (κ3) is 3.12. The standard InChI is InChI=1S/C14H21ClN2OS/c1-3-17(2)14(7-4-5-8-14)10-16-13(18)12-11(15)6-9-19-12/h6,9H,3-5,7-8,10H2,1-2H3,(H,16,18). The van der Waals surface area contributed by atoms with Gasteiger partial charge in [-0.1, -0.05) is 31.4 Å². The quantitative estimate of drug-likeness (QED) is 0.904. The molecule has 1 aromatic rings. The summed E-state index contributed by atoms with van der Waals surface area (Å²) in [5.74, 6) is -0.0456. The predicted molar refractivity (Wildman–Crippen MR) is 81.2 cm³/mol. The van der Waals surface area contributed by atoms with Gasteiger partial charge in [-0.05, 0) is 37.9 Å². The molecule has 3 nitrogen and oxygen atoms in total. The Bertz CT molecular complexity index is 440. The predicted octanol–water partition coefficient (Wildman–Crippen LogP) is 3.40. The average Bonchev–Trinajstić information content (AvgIpc) is 3.04. The molecule has 0 atom stereocenters. The van der Waals surface area contributed by atoms with Crippen LogP contribution in [0, 0.1) is 0 Å². The number of thiophene rings is 1. The number of nitrogens with one attached hydrogen (secondary N) is 1. The highest BCUT2D eigenvalue weighted by atomic mass is 35.5. The lowest BCUT2D eigenvalue weighted by atomic mass is 9.95. The van der Waals surface area contributed by atoms with Crippen LogP contribution >= 0.6 is 22.9 Å². The molecule has 0 aromatic carbocycles. The summed E-state index contributed by atoms with van der Waals surface area (Å²) in [7, 11) is 2.15. The van der Waals surface area contributed by atoms with Crippen molar-refractivity contribution in [2.24, 2.45) is 0 Å². The van der Waals surface area contributed by atoms with E-state index in [4.69, 9.17) is 11.6 Å². The van der Waals surface area contributed by atoms with Crippen LogP contribution in [-0.4, -0.2) is 36.5 Å². The molecule has 2 rings (SSSR count). The first kappa shape index (κ1) is 14.8. The van der Waals surface area contributed by atoms with Crippen LogP contribution in [0.3, 0.4) is 0 Å². The van der Waals surface area contributed by atoms with E-state index < -0.39 is 0 Å². The maximum absolute atomic E-state index is 12.1. The van der Waals surface area contributed by atoms with Gasteiger partial charge in [-0.2, -0.15) is 0 Å². The molecule has 0 aliphatic heterocycles. The van der Waals surface area contributed by atoms with Gasteiger partial charge in [-0.3, -0.25) is 9.69 Å². The fourth-order valence-corrected chi connectivity index (χ4v) is 3.90. The van der Waals surface area contributed by atoms with Gasteiger partial charge in [0.05, 0.1) is 5.02 Å². The van der Waals surface area contributed by atoms with Gasteiger partial charge in [0.15, 0.2) is 0 Å². The third-order valence-corrected chi connectivity index (χ3v) is 5.56. The van der Waals surface area contributed by atoms with Crippen molar-refractivity contribution in [1.82, 2.24) is 10.2 Å². The molecule has 1 aliphatic rings. The zero-order chi connectivity index (χ0) is 13.9. The van der Waals surface area contributed by atoms with E-state index in [2.05, 4.69) is 24.2 Å². The Balaban J connectivity index is 2.00. The summed E-state index contributed by atoms with van der Waals surface area (Å²) >= 11 is 7.39. The number of hydrogen-bond donors (Lipinski definition) is 1. The fourth-order valence-electron chi connectivity index (χ4n) is 2.84. The van der Waals surface area contributed by atoms with Gasteiger partial charge in [0.25, 0.3) is 5.91 Å². The molecule has 19 heavy (non-hydrogen) atoms. The van der Waals surface area contributed by atoms with E-state index in [9.17, 15) is 4.79 Å². The van der Waals surface area contributed by atoms with Crippen molar-refractivity contribution in [1.29, 1.82) is 0 Å². The second kappa shape index (κ2) is 6.25. The highest BCUT2D eigenvalue weighted by Gasteiger charge is 2.37. The summed E-state index contributed by atoms with van der Waals surface area (Å²) in [6.07, 6.45) is 4.82. The van der Waals surface area contributed by atoms with Crippen LogP contribution in [0.25, 0.3) is 0 Å². The maximum atomic E-state index is 12.1. The topological polar surface area (TPSA) is 32.3 Å². The Morgan fingerprint density at radius 2 is 2.21 bits per heavy atom. The largest absolute Gasteiger partial charge is 0.349 e. The molecule has 0 bridgehead atoms. The molecular formula is C14H21ClN2OS. The number of hydrogen-bond acceptors (Lipinski definition) is 3. The van der Waals surface area contributed by atoms with Gasteiger partial charge in [0.1, 0.15) is 4.88 Å². The van der Waals surface area contributed by atoms with Crippen LogP contribution in [0.2, 0.25) is 5.02 Å². The first-order chi connectivity index (χ1) is 9.09. The molecule has 1 fully saturated rings. The first-order valence-electron chi connectivity index (χ1n) is 6.81. The van der Waals surface area contributed by atoms with Crippen LogP contribution in [0.1, 0.15) is 42.3 Å². The SMILES string of the molecule is CCN(C)C1(CNC(=O)c2sccc2Cl)CCCC1. The van der Waals surface area contributed by atoms with E-state index in [0.29, 0.717) is 16.4 Å². The van der Waals surface area contributed by atoms with E-state index in [1.807, 2.05) is 5.38 Å². The van der Waals surface area contributed by atoms with E-state index in [1.54, 1.807) is 6.07 Å². The van der Waals surface area contributed by atoms with E-state index in [1.165, 1.54) is 24.2 Å². The molecule has 1 aromatic heterocycles. The smallest absolute Gasteiger partial charge is 0.262 e. The Kier molecular flexibility index (Phi) is 4.87. The van der Waals surface area contributed by atoms with Crippen molar-refractivity contribution < 1.29 is 4.79 Å². The molecule has 1 heterocycles. The van der Waals surface area contributed by atoms with Crippen molar-refractivity contribution in [3.8, 4) is 0 Å². The number of likely N-dealkylation sites (N-methyl/N-ethyl adjacent to an activating group) is 1. The lowest BCUT2D eigenvalue weighted by Crippen LogP contribution is -2.52.